The molecular weight excluding hydrogens is 136 g/mol. The Morgan fingerprint density at radius 1 is 1.00 bits per heavy atom. The van der Waals surface area contributed by atoms with Gasteiger partial charge in [-0.1, -0.05) is 25.7 Å². The van der Waals surface area contributed by atoms with Gasteiger partial charge in [-0.25, -0.2) is 0 Å². The highest BCUT2D eigenvalue weighted by Gasteiger charge is 1.93. The minimum atomic E-state index is 0.379. The van der Waals surface area contributed by atoms with Gasteiger partial charge in [0.15, 0.2) is 0 Å². The summed E-state index contributed by atoms with van der Waals surface area (Å²) in [6.07, 6.45) is 7.56. The van der Waals surface area contributed by atoms with E-state index < -0.39 is 0 Å². The van der Waals surface area contributed by atoms with Crippen LogP contribution in [0.1, 0.15) is 45.4 Å². The fourth-order valence-electron chi connectivity index (χ4n) is 1.14. The van der Waals surface area contributed by atoms with Crippen molar-refractivity contribution in [3.8, 4) is 0 Å². The molecule has 0 aliphatic carbocycles. The van der Waals surface area contributed by atoms with Gasteiger partial charge in [0.05, 0.1) is 0 Å². The first-order chi connectivity index (χ1) is 5.27. The Labute approximate surface area is 70.3 Å². The molecule has 0 aliphatic rings. The number of nitrogens with two attached hydrogens (primary N) is 2. The van der Waals surface area contributed by atoms with Gasteiger partial charge in [0.25, 0.3) is 0 Å². The molecule has 0 heterocycles. The van der Waals surface area contributed by atoms with Gasteiger partial charge in [-0.05, 0) is 26.3 Å². The van der Waals surface area contributed by atoms with E-state index in [0.717, 1.165) is 6.54 Å². The summed E-state index contributed by atoms with van der Waals surface area (Å²) < 4.78 is 0. The summed E-state index contributed by atoms with van der Waals surface area (Å²) in [5.41, 5.74) is 11.0. The van der Waals surface area contributed by atoms with E-state index in [-0.39, 0.29) is 0 Å². The molecule has 0 saturated heterocycles. The second kappa shape index (κ2) is 8.02. The molecule has 0 saturated carbocycles. The van der Waals surface area contributed by atoms with E-state index in [1.165, 1.54) is 38.5 Å². The SMILES string of the molecule is C[C@H](N)CCCCCCCN. The van der Waals surface area contributed by atoms with Crippen LogP contribution in [-0.2, 0) is 0 Å². The molecule has 2 heteroatoms. The summed E-state index contributed by atoms with van der Waals surface area (Å²) in [7, 11) is 0. The number of rotatable bonds is 7. The topological polar surface area (TPSA) is 52.0 Å². The first-order valence-corrected chi connectivity index (χ1v) is 4.73. The molecular formula is C9H22N2. The van der Waals surface area contributed by atoms with Crippen molar-refractivity contribution in [1.82, 2.24) is 0 Å². The van der Waals surface area contributed by atoms with Crippen LogP contribution in [0.2, 0.25) is 0 Å². The van der Waals surface area contributed by atoms with Gasteiger partial charge in [0.2, 0.25) is 0 Å². The molecule has 68 valence electrons. The lowest BCUT2D eigenvalue weighted by atomic mass is 10.1. The zero-order valence-electron chi connectivity index (χ0n) is 7.68. The minimum absolute atomic E-state index is 0.379. The van der Waals surface area contributed by atoms with Crippen LogP contribution < -0.4 is 11.5 Å². The van der Waals surface area contributed by atoms with Gasteiger partial charge in [0.1, 0.15) is 0 Å². The van der Waals surface area contributed by atoms with E-state index in [4.69, 9.17) is 11.5 Å². The lowest BCUT2D eigenvalue weighted by Gasteiger charge is -2.03. The molecule has 0 spiro atoms. The van der Waals surface area contributed by atoms with Gasteiger partial charge in [0, 0.05) is 6.04 Å². The second-order valence-electron chi connectivity index (χ2n) is 3.32. The lowest BCUT2D eigenvalue weighted by molar-refractivity contribution is 0.558. The van der Waals surface area contributed by atoms with Crippen LogP contribution >= 0.6 is 0 Å². The van der Waals surface area contributed by atoms with E-state index in [1.807, 2.05) is 0 Å². The maximum Gasteiger partial charge on any atom is 0.00104 e. The van der Waals surface area contributed by atoms with Crippen LogP contribution in [0.5, 0.6) is 0 Å². The molecule has 0 radical (unpaired) electrons. The van der Waals surface area contributed by atoms with Crippen LogP contribution in [0.25, 0.3) is 0 Å². The van der Waals surface area contributed by atoms with Crippen LogP contribution in [0.4, 0.5) is 0 Å². The maximum atomic E-state index is 5.61. The largest absolute Gasteiger partial charge is 0.330 e. The molecule has 11 heavy (non-hydrogen) atoms. The summed E-state index contributed by atoms with van der Waals surface area (Å²) in [4.78, 5) is 0. The van der Waals surface area contributed by atoms with Gasteiger partial charge >= 0.3 is 0 Å². The molecule has 0 aliphatic heterocycles. The third-order valence-electron chi connectivity index (χ3n) is 1.86. The van der Waals surface area contributed by atoms with Crippen molar-refractivity contribution in [3.63, 3.8) is 0 Å². The molecule has 1 atom stereocenters. The normalized spacial score (nSPS) is 13.4. The summed E-state index contributed by atoms with van der Waals surface area (Å²) in [5, 5.41) is 0. The van der Waals surface area contributed by atoms with E-state index in [2.05, 4.69) is 6.92 Å². The molecule has 0 aromatic heterocycles. The summed E-state index contributed by atoms with van der Waals surface area (Å²) in [5.74, 6) is 0. The predicted molar refractivity (Wildman–Crippen MR) is 50.4 cm³/mol. The quantitative estimate of drug-likeness (QED) is 0.553. The van der Waals surface area contributed by atoms with Crippen LogP contribution in [0.15, 0.2) is 0 Å². The van der Waals surface area contributed by atoms with Crippen LogP contribution in [-0.4, -0.2) is 12.6 Å². The summed E-state index contributed by atoms with van der Waals surface area (Å²) in [6, 6.07) is 0.379. The van der Waals surface area contributed by atoms with Gasteiger partial charge in [-0.2, -0.15) is 0 Å². The summed E-state index contributed by atoms with van der Waals surface area (Å²) >= 11 is 0. The van der Waals surface area contributed by atoms with Crippen LogP contribution in [0, 0.1) is 0 Å². The first kappa shape index (κ1) is 10.9. The molecule has 0 rings (SSSR count). The molecule has 0 aromatic carbocycles. The fourth-order valence-corrected chi connectivity index (χ4v) is 1.14. The zero-order chi connectivity index (χ0) is 8.53. The number of hydrogen-bond acceptors (Lipinski definition) is 2. The average molecular weight is 158 g/mol. The summed E-state index contributed by atoms with van der Waals surface area (Å²) in [6.45, 7) is 2.91. The highest BCUT2D eigenvalue weighted by atomic mass is 14.6. The van der Waals surface area contributed by atoms with Crippen molar-refractivity contribution in [2.45, 2.75) is 51.5 Å². The Kier molecular flexibility index (Phi) is 7.96. The van der Waals surface area contributed by atoms with Gasteiger partial charge in [-0.15, -0.1) is 0 Å². The van der Waals surface area contributed by atoms with E-state index >= 15 is 0 Å². The molecule has 0 aromatic rings. The third kappa shape index (κ3) is 9.92. The van der Waals surface area contributed by atoms with Crippen molar-refractivity contribution in [3.05, 3.63) is 0 Å². The highest BCUT2D eigenvalue weighted by Crippen LogP contribution is 2.05. The van der Waals surface area contributed by atoms with E-state index in [1.54, 1.807) is 0 Å². The van der Waals surface area contributed by atoms with Crippen LogP contribution in [0.3, 0.4) is 0 Å². The molecule has 0 amide bonds. The highest BCUT2D eigenvalue weighted by molar-refractivity contribution is 4.53. The van der Waals surface area contributed by atoms with Crippen molar-refractivity contribution in [1.29, 1.82) is 0 Å². The van der Waals surface area contributed by atoms with E-state index in [0.29, 0.717) is 6.04 Å². The van der Waals surface area contributed by atoms with Gasteiger partial charge < -0.3 is 11.5 Å². The molecule has 4 N–H and O–H groups in total. The van der Waals surface area contributed by atoms with Crippen molar-refractivity contribution >= 4 is 0 Å². The van der Waals surface area contributed by atoms with E-state index in [9.17, 15) is 0 Å². The first-order valence-electron chi connectivity index (χ1n) is 4.73. The Morgan fingerprint density at radius 2 is 1.55 bits per heavy atom. The Bertz CT molecular complexity index is 72.0. The predicted octanol–water partition coefficient (Wildman–Crippen LogP) is 1.63. The molecule has 0 unspecified atom stereocenters. The average Bonchev–Trinajstić information content (AvgIpc) is 1.96. The van der Waals surface area contributed by atoms with Crippen molar-refractivity contribution in [2.75, 3.05) is 6.54 Å². The monoisotopic (exact) mass is 158 g/mol. The van der Waals surface area contributed by atoms with Crippen molar-refractivity contribution in [2.24, 2.45) is 11.5 Å². The van der Waals surface area contributed by atoms with Gasteiger partial charge in [-0.3, -0.25) is 0 Å². The zero-order valence-corrected chi connectivity index (χ0v) is 7.68. The Balaban J connectivity index is 2.80. The van der Waals surface area contributed by atoms with Crippen molar-refractivity contribution < 1.29 is 0 Å². The number of unbranched alkanes of at least 4 members (excludes halogenated alkanes) is 4. The smallest absolute Gasteiger partial charge is 0.00104 e. The Hall–Kier alpha value is -0.0800. The molecule has 0 fully saturated rings. The second-order valence-corrected chi connectivity index (χ2v) is 3.32. The standard InChI is InChI=1S/C9H22N2/c1-9(11)7-5-3-2-4-6-8-10/h9H,2-8,10-11H2,1H3/t9-/m0/s1. The Morgan fingerprint density at radius 3 is 2.09 bits per heavy atom. The minimum Gasteiger partial charge on any atom is -0.330 e. The maximum absolute atomic E-state index is 5.61. The lowest BCUT2D eigenvalue weighted by Crippen LogP contribution is -2.13. The number of hydrogen-bond donors (Lipinski definition) is 2. The third-order valence-corrected chi connectivity index (χ3v) is 1.86. The molecule has 2 nitrogen and oxygen atoms in total. The fraction of sp³-hybridized carbons (Fsp3) is 1.00. The molecule has 0 bridgehead atoms.